The Bertz CT molecular complexity index is 1000. The smallest absolute Gasteiger partial charge is 0.222 e. The van der Waals surface area contributed by atoms with Crippen LogP contribution in [0, 0.1) is 5.92 Å². The summed E-state index contributed by atoms with van der Waals surface area (Å²) in [5, 5.41) is 2.16. The summed E-state index contributed by atoms with van der Waals surface area (Å²) in [6.07, 6.45) is 2.09. The number of nitrogens with zero attached hydrogens (tertiary/aromatic N) is 3. The molecule has 4 N–H and O–H groups in total. The fourth-order valence-corrected chi connectivity index (χ4v) is 4.26. The van der Waals surface area contributed by atoms with Crippen LogP contribution in [0.3, 0.4) is 0 Å². The molecule has 1 fully saturated rings. The first-order valence-corrected chi connectivity index (χ1v) is 10.4. The third-order valence-corrected chi connectivity index (χ3v) is 6.06. The zero-order valence-corrected chi connectivity index (χ0v) is 17.5. The second kappa shape index (κ2) is 8.61. The van der Waals surface area contributed by atoms with Crippen LogP contribution in [0.4, 0.5) is 11.8 Å². The third kappa shape index (κ3) is 4.50. The van der Waals surface area contributed by atoms with E-state index in [9.17, 15) is 0 Å². The number of likely N-dealkylation sites (tertiary alicyclic amines) is 1. The van der Waals surface area contributed by atoms with Crippen molar-refractivity contribution >= 4 is 45.9 Å². The quantitative estimate of drug-likeness (QED) is 0.622. The molecule has 0 unspecified atom stereocenters. The van der Waals surface area contributed by atoms with E-state index in [4.69, 9.17) is 39.4 Å². The van der Waals surface area contributed by atoms with Crippen LogP contribution < -0.4 is 16.2 Å². The molecule has 0 atom stereocenters. The van der Waals surface area contributed by atoms with Crippen molar-refractivity contribution in [2.24, 2.45) is 5.92 Å². The minimum atomic E-state index is 0.165. The lowest BCUT2D eigenvalue weighted by atomic mass is 9.97. The Kier molecular flexibility index (Phi) is 5.94. The molecule has 0 amide bonds. The lowest BCUT2D eigenvalue weighted by Crippen LogP contribution is -2.35. The Morgan fingerprint density at radius 2 is 1.69 bits per heavy atom. The molecule has 3 aromatic rings. The summed E-state index contributed by atoms with van der Waals surface area (Å²) in [6.45, 7) is 3.36. The van der Waals surface area contributed by atoms with Gasteiger partial charge < -0.3 is 16.2 Å². The largest absolute Gasteiger partial charge is 0.492 e. The van der Waals surface area contributed by atoms with Gasteiger partial charge in [0.25, 0.3) is 0 Å². The highest BCUT2D eigenvalue weighted by Crippen LogP contribution is 2.31. The molecule has 0 saturated carbocycles. The van der Waals surface area contributed by atoms with Crippen LogP contribution >= 0.6 is 23.2 Å². The predicted molar refractivity (Wildman–Crippen MR) is 118 cm³/mol. The molecule has 2 heterocycles. The molecule has 1 aromatic heterocycles. The van der Waals surface area contributed by atoms with Crippen molar-refractivity contribution in [2.75, 3.05) is 31.2 Å². The van der Waals surface area contributed by atoms with E-state index in [-0.39, 0.29) is 5.95 Å². The second-order valence-electron chi connectivity index (χ2n) is 7.35. The Labute approximate surface area is 179 Å². The SMILES string of the molecule is Nc1nc(N)c2c(OCC3CCN(Cc4c(Cl)cccc4Cl)CC3)cccc2n1. The van der Waals surface area contributed by atoms with E-state index in [1.54, 1.807) is 0 Å². The highest BCUT2D eigenvalue weighted by molar-refractivity contribution is 6.35. The van der Waals surface area contributed by atoms with E-state index in [0.29, 0.717) is 35.0 Å². The molecule has 0 spiro atoms. The average molecular weight is 432 g/mol. The van der Waals surface area contributed by atoms with Crippen molar-refractivity contribution in [3.05, 3.63) is 52.0 Å². The summed E-state index contributed by atoms with van der Waals surface area (Å²) in [5.41, 5.74) is 13.4. The first-order valence-electron chi connectivity index (χ1n) is 9.61. The number of ether oxygens (including phenoxy) is 1. The fourth-order valence-electron chi connectivity index (χ4n) is 3.74. The maximum absolute atomic E-state index is 6.31. The molecule has 2 aromatic carbocycles. The van der Waals surface area contributed by atoms with Crippen LogP contribution in [0.2, 0.25) is 10.0 Å². The van der Waals surface area contributed by atoms with Crippen molar-refractivity contribution in [3.63, 3.8) is 0 Å². The van der Waals surface area contributed by atoms with E-state index in [2.05, 4.69) is 14.9 Å². The van der Waals surface area contributed by atoms with Crippen molar-refractivity contribution < 1.29 is 4.74 Å². The van der Waals surface area contributed by atoms with E-state index >= 15 is 0 Å². The lowest BCUT2D eigenvalue weighted by Gasteiger charge is -2.32. The Morgan fingerprint density at radius 1 is 1.00 bits per heavy atom. The summed E-state index contributed by atoms with van der Waals surface area (Å²) in [4.78, 5) is 10.7. The first kappa shape index (κ1) is 20.0. The van der Waals surface area contributed by atoms with Crippen LogP contribution in [0.5, 0.6) is 5.75 Å². The zero-order chi connectivity index (χ0) is 20.4. The standard InChI is InChI=1S/C21H23Cl2N5O/c22-15-3-1-4-16(23)14(15)11-28-9-7-13(8-10-28)12-29-18-6-2-5-17-19(18)20(24)27-21(25)26-17/h1-6,13H,7-12H2,(H4,24,25,26,27). The predicted octanol–water partition coefficient (Wildman–Crippen LogP) is 4.39. The molecule has 152 valence electrons. The molecule has 0 bridgehead atoms. The highest BCUT2D eigenvalue weighted by Gasteiger charge is 2.22. The van der Waals surface area contributed by atoms with Gasteiger partial charge in [0.2, 0.25) is 5.95 Å². The van der Waals surface area contributed by atoms with Crippen LogP contribution in [-0.4, -0.2) is 34.6 Å². The van der Waals surface area contributed by atoms with E-state index in [1.165, 1.54) is 0 Å². The highest BCUT2D eigenvalue weighted by atomic mass is 35.5. The number of halogens is 2. The molecule has 1 saturated heterocycles. The van der Waals surface area contributed by atoms with Crippen molar-refractivity contribution in [1.29, 1.82) is 0 Å². The molecular formula is C21H23Cl2N5O. The minimum Gasteiger partial charge on any atom is -0.492 e. The number of rotatable bonds is 5. The summed E-state index contributed by atoms with van der Waals surface area (Å²) in [5.74, 6) is 1.68. The number of nitrogen functional groups attached to an aromatic ring is 2. The molecule has 0 radical (unpaired) electrons. The van der Waals surface area contributed by atoms with Gasteiger partial charge in [-0.2, -0.15) is 4.98 Å². The molecule has 0 aliphatic carbocycles. The first-order chi connectivity index (χ1) is 14.0. The van der Waals surface area contributed by atoms with Gasteiger partial charge in [-0.15, -0.1) is 0 Å². The van der Waals surface area contributed by atoms with Crippen molar-refractivity contribution in [2.45, 2.75) is 19.4 Å². The molecule has 29 heavy (non-hydrogen) atoms. The number of hydrogen-bond donors (Lipinski definition) is 2. The van der Waals surface area contributed by atoms with E-state index in [1.807, 2.05) is 36.4 Å². The topological polar surface area (TPSA) is 90.3 Å². The number of nitrogens with two attached hydrogens (primary N) is 2. The number of fused-ring (bicyclic) bond motifs is 1. The van der Waals surface area contributed by atoms with E-state index < -0.39 is 0 Å². The Hall–Kier alpha value is -2.28. The van der Waals surface area contributed by atoms with Crippen LogP contribution in [0.25, 0.3) is 10.9 Å². The zero-order valence-electron chi connectivity index (χ0n) is 15.9. The van der Waals surface area contributed by atoms with Gasteiger partial charge in [0.15, 0.2) is 0 Å². The molecule has 4 rings (SSSR count). The molecular weight excluding hydrogens is 409 g/mol. The van der Waals surface area contributed by atoms with Crippen LogP contribution in [0.15, 0.2) is 36.4 Å². The molecule has 8 heteroatoms. The molecule has 6 nitrogen and oxygen atoms in total. The van der Waals surface area contributed by atoms with Gasteiger partial charge in [0.05, 0.1) is 17.5 Å². The van der Waals surface area contributed by atoms with Crippen LogP contribution in [-0.2, 0) is 6.54 Å². The van der Waals surface area contributed by atoms with Crippen LogP contribution in [0.1, 0.15) is 18.4 Å². The summed E-state index contributed by atoms with van der Waals surface area (Å²) < 4.78 is 6.11. The van der Waals surface area contributed by atoms with Gasteiger partial charge in [-0.1, -0.05) is 35.3 Å². The normalized spacial score (nSPS) is 15.7. The Morgan fingerprint density at radius 3 is 2.41 bits per heavy atom. The number of piperidine rings is 1. The number of hydrogen-bond acceptors (Lipinski definition) is 6. The van der Waals surface area contributed by atoms with Gasteiger partial charge >= 0.3 is 0 Å². The monoisotopic (exact) mass is 431 g/mol. The third-order valence-electron chi connectivity index (χ3n) is 5.36. The molecule has 1 aliphatic heterocycles. The van der Waals surface area contributed by atoms with Gasteiger partial charge in [0.1, 0.15) is 11.6 Å². The summed E-state index contributed by atoms with van der Waals surface area (Å²) >= 11 is 12.6. The number of benzene rings is 2. The summed E-state index contributed by atoms with van der Waals surface area (Å²) in [7, 11) is 0. The molecule has 1 aliphatic rings. The van der Waals surface area contributed by atoms with Gasteiger partial charge in [0, 0.05) is 22.2 Å². The number of aromatic nitrogens is 2. The maximum Gasteiger partial charge on any atom is 0.222 e. The summed E-state index contributed by atoms with van der Waals surface area (Å²) in [6, 6.07) is 11.3. The van der Waals surface area contributed by atoms with Gasteiger partial charge in [-0.25, -0.2) is 4.98 Å². The average Bonchev–Trinajstić information content (AvgIpc) is 2.70. The van der Waals surface area contributed by atoms with E-state index in [0.717, 1.165) is 48.1 Å². The Balaban J connectivity index is 1.36. The van der Waals surface area contributed by atoms with Gasteiger partial charge in [-0.05, 0) is 56.1 Å². The fraction of sp³-hybridized carbons (Fsp3) is 0.333. The lowest BCUT2D eigenvalue weighted by molar-refractivity contribution is 0.137. The second-order valence-corrected chi connectivity index (χ2v) is 8.16. The maximum atomic E-state index is 6.31. The van der Waals surface area contributed by atoms with Crippen molar-refractivity contribution in [1.82, 2.24) is 14.9 Å². The van der Waals surface area contributed by atoms with Crippen molar-refractivity contribution in [3.8, 4) is 5.75 Å². The number of anilines is 2. The van der Waals surface area contributed by atoms with Gasteiger partial charge in [-0.3, -0.25) is 4.90 Å². The minimum absolute atomic E-state index is 0.165.